The van der Waals surface area contributed by atoms with E-state index >= 15 is 0 Å². The summed E-state index contributed by atoms with van der Waals surface area (Å²) in [5.41, 5.74) is 7.36. The summed E-state index contributed by atoms with van der Waals surface area (Å²) in [5, 5.41) is 7.44. The van der Waals surface area contributed by atoms with Crippen molar-refractivity contribution in [2.45, 2.75) is 44.9 Å². The van der Waals surface area contributed by atoms with Crippen LogP contribution in [0, 0.1) is 6.92 Å². The maximum atomic E-state index is 5.78. The maximum absolute atomic E-state index is 5.78. The fourth-order valence-corrected chi connectivity index (χ4v) is 1.70. The largest absolute Gasteiger partial charge is 0.372 e. The highest BCUT2D eigenvalue weighted by Gasteiger charge is 2.22. The molecular formula is C9H15N3O2. The van der Waals surface area contributed by atoms with Crippen molar-refractivity contribution in [2.75, 3.05) is 0 Å². The van der Waals surface area contributed by atoms with Gasteiger partial charge in [0.1, 0.15) is 11.4 Å². The van der Waals surface area contributed by atoms with Gasteiger partial charge in [-0.2, -0.15) is 0 Å². The number of hydrogen-bond acceptors (Lipinski definition) is 5. The van der Waals surface area contributed by atoms with Gasteiger partial charge in [0.15, 0.2) is 0 Å². The van der Waals surface area contributed by atoms with E-state index in [2.05, 4.69) is 14.9 Å². The van der Waals surface area contributed by atoms with E-state index < -0.39 is 0 Å². The fraction of sp³-hybridized carbons (Fsp3) is 0.778. The molecule has 14 heavy (non-hydrogen) atoms. The van der Waals surface area contributed by atoms with E-state index in [1.54, 1.807) is 0 Å². The average molecular weight is 197 g/mol. The second-order valence-electron chi connectivity index (χ2n) is 3.80. The van der Waals surface area contributed by atoms with Crippen LogP contribution in [0.15, 0.2) is 4.63 Å². The molecule has 2 atom stereocenters. The van der Waals surface area contributed by atoms with Gasteiger partial charge in [-0.1, -0.05) is 10.3 Å². The smallest absolute Gasteiger partial charge is 0.133 e. The molecule has 0 spiro atoms. The van der Waals surface area contributed by atoms with Gasteiger partial charge >= 0.3 is 0 Å². The van der Waals surface area contributed by atoms with Gasteiger partial charge in [0.05, 0.1) is 12.7 Å². The zero-order valence-corrected chi connectivity index (χ0v) is 8.27. The first-order chi connectivity index (χ1) is 6.75. The lowest BCUT2D eigenvalue weighted by molar-refractivity contribution is 0.0412. The molecule has 78 valence electrons. The Kier molecular flexibility index (Phi) is 2.79. The fourth-order valence-electron chi connectivity index (χ4n) is 1.70. The molecule has 1 heterocycles. The van der Waals surface area contributed by atoms with E-state index in [0.717, 1.165) is 30.7 Å². The predicted octanol–water partition coefficient (Wildman–Crippen LogP) is 0.774. The maximum Gasteiger partial charge on any atom is 0.133 e. The number of ether oxygens (including phenoxy) is 1. The monoisotopic (exact) mass is 197 g/mol. The van der Waals surface area contributed by atoms with E-state index in [4.69, 9.17) is 10.5 Å². The number of nitrogens with two attached hydrogens (primary N) is 1. The van der Waals surface area contributed by atoms with Crippen LogP contribution < -0.4 is 5.73 Å². The van der Waals surface area contributed by atoms with Gasteiger partial charge in [0.2, 0.25) is 0 Å². The Balaban J connectivity index is 1.80. The van der Waals surface area contributed by atoms with Gasteiger partial charge in [0, 0.05) is 6.04 Å². The lowest BCUT2D eigenvalue weighted by Crippen LogP contribution is -2.17. The van der Waals surface area contributed by atoms with Crippen molar-refractivity contribution in [3.8, 4) is 0 Å². The van der Waals surface area contributed by atoms with Crippen LogP contribution in [0.1, 0.15) is 30.7 Å². The summed E-state index contributed by atoms with van der Waals surface area (Å²) in [6.07, 6.45) is 3.33. The molecule has 0 radical (unpaired) electrons. The molecule has 0 aliphatic heterocycles. The van der Waals surface area contributed by atoms with E-state index in [1.807, 2.05) is 6.92 Å². The van der Waals surface area contributed by atoms with Crippen molar-refractivity contribution in [1.82, 2.24) is 10.3 Å². The first kappa shape index (κ1) is 9.61. The molecule has 1 saturated carbocycles. The zero-order chi connectivity index (χ0) is 9.97. The van der Waals surface area contributed by atoms with E-state index in [-0.39, 0.29) is 6.10 Å². The Hall–Kier alpha value is -0.940. The third-order valence-electron chi connectivity index (χ3n) is 2.63. The third-order valence-corrected chi connectivity index (χ3v) is 2.63. The van der Waals surface area contributed by atoms with Crippen molar-refractivity contribution >= 4 is 0 Å². The predicted molar refractivity (Wildman–Crippen MR) is 49.4 cm³/mol. The van der Waals surface area contributed by atoms with Crippen LogP contribution in [0.3, 0.4) is 0 Å². The summed E-state index contributed by atoms with van der Waals surface area (Å²) in [5.74, 6) is 0. The minimum absolute atomic E-state index is 0.279. The Morgan fingerprint density at radius 2 is 2.36 bits per heavy atom. The van der Waals surface area contributed by atoms with Gasteiger partial charge in [-0.05, 0) is 26.2 Å². The second-order valence-corrected chi connectivity index (χ2v) is 3.80. The molecule has 2 rings (SSSR count). The van der Waals surface area contributed by atoms with Crippen molar-refractivity contribution < 1.29 is 9.37 Å². The topological polar surface area (TPSA) is 74.2 Å². The van der Waals surface area contributed by atoms with E-state index in [0.29, 0.717) is 12.6 Å². The Morgan fingerprint density at radius 1 is 1.50 bits per heavy atom. The molecule has 2 N–H and O–H groups in total. The number of rotatable bonds is 3. The molecule has 5 heteroatoms. The molecule has 1 aromatic heterocycles. The molecule has 0 amide bonds. The first-order valence-electron chi connectivity index (χ1n) is 4.91. The van der Waals surface area contributed by atoms with Crippen LogP contribution in [-0.2, 0) is 11.3 Å². The quantitative estimate of drug-likeness (QED) is 0.774. The van der Waals surface area contributed by atoms with Crippen LogP contribution >= 0.6 is 0 Å². The molecule has 1 aliphatic carbocycles. The first-order valence-corrected chi connectivity index (χ1v) is 4.91. The van der Waals surface area contributed by atoms with Crippen LogP contribution in [-0.4, -0.2) is 22.5 Å². The van der Waals surface area contributed by atoms with Crippen LogP contribution in [0.2, 0.25) is 0 Å². The number of aryl methyl sites for hydroxylation is 1. The molecule has 5 nitrogen and oxygen atoms in total. The van der Waals surface area contributed by atoms with Gasteiger partial charge in [-0.15, -0.1) is 0 Å². The molecule has 2 unspecified atom stereocenters. The van der Waals surface area contributed by atoms with Gasteiger partial charge in [0.25, 0.3) is 0 Å². The second kappa shape index (κ2) is 4.06. The summed E-state index contributed by atoms with van der Waals surface area (Å²) in [7, 11) is 0. The minimum atomic E-state index is 0.279. The molecule has 1 aromatic rings. The van der Waals surface area contributed by atoms with Crippen LogP contribution in [0.4, 0.5) is 0 Å². The number of aromatic nitrogens is 2. The zero-order valence-electron chi connectivity index (χ0n) is 8.27. The standard InChI is InChI=1S/C9H15N3O2/c1-6-9(12-14-11-6)5-13-8-3-2-7(10)4-8/h7-8H,2-5,10H2,1H3. The normalized spacial score (nSPS) is 27.0. The summed E-state index contributed by atoms with van der Waals surface area (Å²) in [6.45, 7) is 2.34. The summed E-state index contributed by atoms with van der Waals surface area (Å²) in [4.78, 5) is 0. The van der Waals surface area contributed by atoms with E-state index in [1.165, 1.54) is 0 Å². The van der Waals surface area contributed by atoms with Gasteiger partial charge in [-0.25, -0.2) is 4.63 Å². The molecule has 0 bridgehead atoms. The van der Waals surface area contributed by atoms with Crippen molar-refractivity contribution in [1.29, 1.82) is 0 Å². The molecule has 0 saturated heterocycles. The molecule has 0 aromatic carbocycles. The average Bonchev–Trinajstić information content (AvgIpc) is 2.72. The highest BCUT2D eigenvalue weighted by atomic mass is 16.6. The van der Waals surface area contributed by atoms with Crippen molar-refractivity contribution in [3.05, 3.63) is 11.4 Å². The summed E-state index contributed by atoms with van der Waals surface area (Å²) >= 11 is 0. The van der Waals surface area contributed by atoms with E-state index in [9.17, 15) is 0 Å². The Labute approximate surface area is 82.6 Å². The highest BCUT2D eigenvalue weighted by Crippen LogP contribution is 2.21. The summed E-state index contributed by atoms with van der Waals surface area (Å²) < 4.78 is 10.2. The number of hydrogen-bond donors (Lipinski definition) is 1. The van der Waals surface area contributed by atoms with Crippen molar-refractivity contribution in [2.24, 2.45) is 5.73 Å². The molecule has 1 fully saturated rings. The van der Waals surface area contributed by atoms with Crippen LogP contribution in [0.5, 0.6) is 0 Å². The van der Waals surface area contributed by atoms with Gasteiger partial charge in [-0.3, -0.25) is 0 Å². The SMILES string of the molecule is Cc1nonc1COC1CCC(N)C1. The lowest BCUT2D eigenvalue weighted by atomic mass is 10.3. The van der Waals surface area contributed by atoms with Gasteiger partial charge < -0.3 is 10.5 Å². The minimum Gasteiger partial charge on any atom is -0.372 e. The summed E-state index contributed by atoms with van der Waals surface area (Å²) in [6, 6.07) is 0.302. The Morgan fingerprint density at radius 3 is 2.93 bits per heavy atom. The molecule has 1 aliphatic rings. The van der Waals surface area contributed by atoms with Crippen LogP contribution in [0.25, 0.3) is 0 Å². The highest BCUT2D eigenvalue weighted by molar-refractivity contribution is 5.02. The molecular weight excluding hydrogens is 182 g/mol. The van der Waals surface area contributed by atoms with Crippen molar-refractivity contribution in [3.63, 3.8) is 0 Å². The lowest BCUT2D eigenvalue weighted by Gasteiger charge is -2.09. The Bertz CT molecular complexity index is 300. The number of nitrogens with zero attached hydrogens (tertiary/aromatic N) is 2. The third kappa shape index (κ3) is 2.10.